The van der Waals surface area contributed by atoms with Crippen molar-refractivity contribution in [2.45, 2.75) is 43.7 Å². The summed E-state index contributed by atoms with van der Waals surface area (Å²) in [7, 11) is 1.83. The van der Waals surface area contributed by atoms with Gasteiger partial charge in [-0.15, -0.1) is 12.4 Å². The Balaban J connectivity index is 0.00000210. The van der Waals surface area contributed by atoms with E-state index < -0.39 is 0 Å². The van der Waals surface area contributed by atoms with Crippen LogP contribution in [0, 0.1) is 11.8 Å². The summed E-state index contributed by atoms with van der Waals surface area (Å²) in [5.41, 5.74) is 6.91. The largest absolute Gasteiger partial charge is 0.380 e. The molecule has 6 heteroatoms. The number of nitrogens with zero attached hydrogens (tertiary/aromatic N) is 1. The Morgan fingerprint density at radius 2 is 1.96 bits per heavy atom. The fourth-order valence-electron chi connectivity index (χ4n) is 5.62. The molecule has 4 rings (SSSR count). The summed E-state index contributed by atoms with van der Waals surface area (Å²) in [5, 5.41) is 0. The van der Waals surface area contributed by atoms with Crippen molar-refractivity contribution in [2.24, 2.45) is 17.6 Å². The minimum absolute atomic E-state index is 0. The molecule has 2 saturated heterocycles. The van der Waals surface area contributed by atoms with E-state index in [0.717, 1.165) is 51.1 Å². The Hall–Kier alpha value is -1.14. The van der Waals surface area contributed by atoms with Gasteiger partial charge in [0.25, 0.3) is 0 Å². The molecule has 0 aromatic heterocycles. The van der Waals surface area contributed by atoms with E-state index in [1.165, 1.54) is 12.8 Å². The van der Waals surface area contributed by atoms with Crippen molar-refractivity contribution in [3.63, 3.8) is 0 Å². The van der Waals surface area contributed by atoms with E-state index in [0.29, 0.717) is 23.4 Å². The molecule has 2 aliphatic heterocycles. The number of methoxy groups -OCH3 is 1. The summed E-state index contributed by atoms with van der Waals surface area (Å²) in [6.45, 7) is 3.84. The maximum Gasteiger partial charge on any atom is 0.248 e. The van der Waals surface area contributed by atoms with E-state index in [9.17, 15) is 4.79 Å². The van der Waals surface area contributed by atoms with E-state index in [-0.39, 0.29) is 23.9 Å². The van der Waals surface area contributed by atoms with Crippen LogP contribution in [0.2, 0.25) is 0 Å². The van der Waals surface area contributed by atoms with Crippen LogP contribution in [-0.2, 0) is 15.1 Å². The fraction of sp³-hybridized carbons (Fsp3) is 0.667. The molecule has 1 saturated carbocycles. The van der Waals surface area contributed by atoms with Crippen LogP contribution in [0.3, 0.4) is 0 Å². The summed E-state index contributed by atoms with van der Waals surface area (Å²) in [5.74, 6) is 0.496. The predicted molar refractivity (Wildman–Crippen MR) is 107 cm³/mol. The first kappa shape index (κ1) is 20.6. The van der Waals surface area contributed by atoms with E-state index in [2.05, 4.69) is 11.0 Å². The number of rotatable bonds is 4. The number of hydrogen-bond donors (Lipinski definition) is 1. The number of likely N-dealkylation sites (tertiary alicyclic amines) is 1. The first-order chi connectivity index (χ1) is 12.6. The third-order valence-corrected chi connectivity index (χ3v) is 6.82. The Morgan fingerprint density at radius 1 is 1.22 bits per heavy atom. The summed E-state index contributed by atoms with van der Waals surface area (Å²) in [6.07, 6.45) is 5.97. The van der Waals surface area contributed by atoms with Crippen molar-refractivity contribution in [2.75, 3.05) is 33.4 Å². The van der Waals surface area contributed by atoms with Crippen molar-refractivity contribution < 1.29 is 14.3 Å². The van der Waals surface area contributed by atoms with Gasteiger partial charge < -0.3 is 15.2 Å². The molecule has 2 N–H and O–H groups in total. The van der Waals surface area contributed by atoms with Gasteiger partial charge in [-0.3, -0.25) is 9.69 Å². The van der Waals surface area contributed by atoms with E-state index in [1.54, 1.807) is 6.07 Å². The molecule has 1 amide bonds. The van der Waals surface area contributed by atoms with Crippen LogP contribution >= 0.6 is 12.4 Å². The highest BCUT2D eigenvalue weighted by Crippen LogP contribution is 2.52. The van der Waals surface area contributed by atoms with Gasteiger partial charge in [-0.2, -0.15) is 0 Å². The molecule has 1 aromatic rings. The first-order valence-corrected chi connectivity index (χ1v) is 9.92. The van der Waals surface area contributed by atoms with Gasteiger partial charge in [0.2, 0.25) is 5.91 Å². The summed E-state index contributed by atoms with van der Waals surface area (Å²) in [6, 6.07) is 8.34. The number of benzene rings is 1. The topological polar surface area (TPSA) is 64.8 Å². The Bertz CT molecular complexity index is 649. The zero-order valence-electron chi connectivity index (χ0n) is 16.1. The average Bonchev–Trinajstić information content (AvgIpc) is 2.67. The highest BCUT2D eigenvalue weighted by Gasteiger charge is 2.54. The molecule has 150 valence electrons. The standard InChI is InChI=1S/C21H30N2O3.ClH/c1-25-21(16-6-2-5-15(11-16)20(22)24)17-7-3-8-18(21)13-23(12-17)19-9-4-10-26-14-19;/h2,5-6,11,17-19H,3-4,7-10,12-14H2,1H3,(H2,22,24);1H/t17-,18+,19-,21+;/m0./s1. The second-order valence-electron chi connectivity index (χ2n) is 8.09. The van der Waals surface area contributed by atoms with Crippen LogP contribution in [0.5, 0.6) is 0 Å². The molecule has 1 aromatic carbocycles. The highest BCUT2D eigenvalue weighted by atomic mass is 35.5. The van der Waals surface area contributed by atoms with Gasteiger partial charge in [0.15, 0.2) is 0 Å². The van der Waals surface area contributed by atoms with Crippen molar-refractivity contribution in [3.8, 4) is 0 Å². The summed E-state index contributed by atoms with van der Waals surface area (Å²) >= 11 is 0. The van der Waals surface area contributed by atoms with Gasteiger partial charge in [-0.05, 0) is 43.4 Å². The normalized spacial score (nSPS) is 33.9. The molecule has 3 fully saturated rings. The Morgan fingerprint density at radius 3 is 2.56 bits per heavy atom. The monoisotopic (exact) mass is 394 g/mol. The lowest BCUT2D eigenvalue weighted by Crippen LogP contribution is -2.61. The third kappa shape index (κ3) is 3.63. The van der Waals surface area contributed by atoms with Gasteiger partial charge in [0.1, 0.15) is 5.60 Å². The van der Waals surface area contributed by atoms with Gasteiger partial charge in [0, 0.05) is 50.2 Å². The lowest BCUT2D eigenvalue weighted by molar-refractivity contribution is -0.179. The molecular weight excluding hydrogens is 364 g/mol. The molecule has 0 unspecified atom stereocenters. The van der Waals surface area contributed by atoms with E-state index >= 15 is 0 Å². The van der Waals surface area contributed by atoms with Crippen LogP contribution in [0.25, 0.3) is 0 Å². The number of halogens is 1. The zero-order chi connectivity index (χ0) is 18.1. The number of nitrogens with two attached hydrogens (primary N) is 1. The number of carbonyl (C=O) groups is 1. The molecule has 3 aliphatic rings. The molecule has 1 aliphatic carbocycles. The molecule has 5 nitrogen and oxygen atoms in total. The Kier molecular flexibility index (Phi) is 6.46. The smallest absolute Gasteiger partial charge is 0.248 e. The molecule has 2 heterocycles. The summed E-state index contributed by atoms with van der Waals surface area (Å²) in [4.78, 5) is 14.3. The third-order valence-electron chi connectivity index (χ3n) is 6.82. The van der Waals surface area contributed by atoms with Crippen LogP contribution < -0.4 is 5.73 Å². The van der Waals surface area contributed by atoms with Crippen molar-refractivity contribution >= 4 is 18.3 Å². The lowest BCUT2D eigenvalue weighted by atomic mass is 9.62. The lowest BCUT2D eigenvalue weighted by Gasteiger charge is -2.57. The number of carbonyl (C=O) groups excluding carboxylic acids is 1. The first-order valence-electron chi connectivity index (χ1n) is 9.92. The number of fused-ring (bicyclic) bond motifs is 2. The van der Waals surface area contributed by atoms with Crippen molar-refractivity contribution in [3.05, 3.63) is 35.4 Å². The molecule has 0 radical (unpaired) electrons. The average molecular weight is 395 g/mol. The maximum atomic E-state index is 11.7. The number of ether oxygens (including phenoxy) is 2. The molecule has 2 bridgehead atoms. The number of primary amides is 1. The predicted octanol–water partition coefficient (Wildman–Crippen LogP) is 2.96. The summed E-state index contributed by atoms with van der Waals surface area (Å²) < 4.78 is 12.0. The van der Waals surface area contributed by atoms with Crippen LogP contribution in [0.1, 0.15) is 48.0 Å². The quantitative estimate of drug-likeness (QED) is 0.852. The maximum absolute atomic E-state index is 11.7. The fourth-order valence-corrected chi connectivity index (χ4v) is 5.62. The van der Waals surface area contributed by atoms with Gasteiger partial charge in [-0.1, -0.05) is 18.6 Å². The Labute approximate surface area is 168 Å². The van der Waals surface area contributed by atoms with E-state index in [1.807, 2.05) is 19.2 Å². The highest BCUT2D eigenvalue weighted by molar-refractivity contribution is 5.92. The van der Waals surface area contributed by atoms with Gasteiger partial charge in [-0.25, -0.2) is 0 Å². The number of piperidine rings is 1. The molecule has 4 atom stereocenters. The van der Waals surface area contributed by atoms with Crippen molar-refractivity contribution in [1.29, 1.82) is 0 Å². The minimum Gasteiger partial charge on any atom is -0.380 e. The number of amides is 1. The zero-order valence-corrected chi connectivity index (χ0v) is 16.9. The van der Waals surface area contributed by atoms with Crippen molar-refractivity contribution in [1.82, 2.24) is 4.90 Å². The second-order valence-corrected chi connectivity index (χ2v) is 8.09. The van der Waals surface area contributed by atoms with E-state index in [4.69, 9.17) is 15.2 Å². The molecule has 0 spiro atoms. The van der Waals surface area contributed by atoms with Crippen LogP contribution in [0.15, 0.2) is 24.3 Å². The van der Waals surface area contributed by atoms with Crippen LogP contribution in [-0.4, -0.2) is 50.3 Å². The second kappa shape index (κ2) is 8.48. The van der Waals surface area contributed by atoms with Crippen LogP contribution in [0.4, 0.5) is 0 Å². The van der Waals surface area contributed by atoms with Gasteiger partial charge >= 0.3 is 0 Å². The van der Waals surface area contributed by atoms with Gasteiger partial charge in [0.05, 0.1) is 6.61 Å². The number of hydrogen-bond acceptors (Lipinski definition) is 4. The molecule has 27 heavy (non-hydrogen) atoms. The minimum atomic E-state index is -0.375. The molecular formula is C21H31ClN2O3. The SMILES string of the molecule is CO[C@@]1(c2cccc(C(N)=O)c2)[C@@H]2CCC[C@H]1CN([C@H]1CCCOC1)C2.Cl.